The molecule has 0 aliphatic rings. The van der Waals surface area contributed by atoms with Gasteiger partial charge in [0.25, 0.3) is 11.8 Å². The predicted molar refractivity (Wildman–Crippen MR) is 109 cm³/mol. The van der Waals surface area contributed by atoms with Gasteiger partial charge in [0, 0.05) is 48.4 Å². The number of carbonyl (C=O) groups is 2. The maximum absolute atomic E-state index is 13.3. The minimum atomic E-state index is -1.06. The molecule has 0 aliphatic heterocycles. The number of hydrogen-bond donors (Lipinski definition) is 2. The molecule has 0 heterocycles. The van der Waals surface area contributed by atoms with E-state index >= 15 is 0 Å². The van der Waals surface area contributed by atoms with E-state index in [0.29, 0.717) is 11.3 Å². The van der Waals surface area contributed by atoms with E-state index in [9.17, 15) is 18.4 Å². The largest absolute Gasteiger partial charge is 0.378 e. The van der Waals surface area contributed by atoms with Crippen molar-refractivity contribution in [3.63, 3.8) is 0 Å². The molecule has 5 nitrogen and oxygen atoms in total. The van der Waals surface area contributed by atoms with E-state index < -0.39 is 17.5 Å². The minimum absolute atomic E-state index is 0.115. The second kappa shape index (κ2) is 8.52. The highest BCUT2D eigenvalue weighted by Gasteiger charge is 2.12. The summed E-state index contributed by atoms with van der Waals surface area (Å²) in [5, 5.41) is 5.25. The molecule has 148 valence electrons. The van der Waals surface area contributed by atoms with Crippen LogP contribution in [0, 0.1) is 11.6 Å². The van der Waals surface area contributed by atoms with Crippen molar-refractivity contribution in [2.75, 3.05) is 29.6 Å². The third-order valence-corrected chi connectivity index (χ3v) is 4.21. The monoisotopic (exact) mass is 395 g/mol. The predicted octanol–water partition coefficient (Wildman–Crippen LogP) is 4.54. The van der Waals surface area contributed by atoms with Gasteiger partial charge < -0.3 is 15.5 Å². The van der Waals surface area contributed by atoms with Crippen LogP contribution in [-0.4, -0.2) is 25.9 Å². The summed E-state index contributed by atoms with van der Waals surface area (Å²) in [5.41, 5.74) is 2.24. The molecular formula is C22H19F2N3O2. The molecule has 7 heteroatoms. The Labute approximate surface area is 167 Å². The number of rotatable bonds is 5. The van der Waals surface area contributed by atoms with E-state index in [1.54, 1.807) is 24.3 Å². The molecule has 2 amide bonds. The standard InChI is InChI=1S/C22H19F2N3O2/c1-27(2)18-9-6-16(7-10-18)25-21(28)14-4-3-5-15(12-14)22(29)26-17-8-11-19(23)20(24)13-17/h3-13H,1-2H3,(H,25,28)(H,26,29). The quantitative estimate of drug-likeness (QED) is 0.667. The number of anilines is 3. The lowest BCUT2D eigenvalue weighted by Crippen LogP contribution is -2.16. The Morgan fingerprint density at radius 2 is 1.28 bits per heavy atom. The average molecular weight is 395 g/mol. The molecule has 0 fully saturated rings. The first-order valence-corrected chi connectivity index (χ1v) is 8.79. The lowest BCUT2D eigenvalue weighted by atomic mass is 10.1. The van der Waals surface area contributed by atoms with Crippen molar-refractivity contribution < 1.29 is 18.4 Å². The van der Waals surface area contributed by atoms with Gasteiger partial charge >= 0.3 is 0 Å². The maximum atomic E-state index is 13.3. The van der Waals surface area contributed by atoms with Crippen LogP contribution in [0.1, 0.15) is 20.7 Å². The van der Waals surface area contributed by atoms with Gasteiger partial charge in [-0.25, -0.2) is 8.78 Å². The van der Waals surface area contributed by atoms with Crippen LogP contribution in [0.5, 0.6) is 0 Å². The normalized spacial score (nSPS) is 10.3. The zero-order chi connectivity index (χ0) is 21.0. The second-order valence-electron chi connectivity index (χ2n) is 6.56. The van der Waals surface area contributed by atoms with Crippen molar-refractivity contribution in [2.45, 2.75) is 0 Å². The van der Waals surface area contributed by atoms with E-state index in [2.05, 4.69) is 10.6 Å². The molecule has 0 aliphatic carbocycles. The summed E-state index contributed by atoms with van der Waals surface area (Å²) < 4.78 is 26.3. The fraction of sp³-hybridized carbons (Fsp3) is 0.0909. The summed E-state index contributed by atoms with van der Waals surface area (Å²) in [6, 6.07) is 16.5. The van der Waals surface area contributed by atoms with Crippen LogP contribution in [0.15, 0.2) is 66.7 Å². The minimum Gasteiger partial charge on any atom is -0.378 e. The topological polar surface area (TPSA) is 61.4 Å². The van der Waals surface area contributed by atoms with E-state index in [1.807, 2.05) is 31.1 Å². The van der Waals surface area contributed by atoms with Crippen molar-refractivity contribution in [2.24, 2.45) is 0 Å². The van der Waals surface area contributed by atoms with Crippen LogP contribution < -0.4 is 15.5 Å². The molecule has 29 heavy (non-hydrogen) atoms. The fourth-order valence-corrected chi connectivity index (χ4v) is 2.62. The molecule has 3 rings (SSSR count). The van der Waals surface area contributed by atoms with Crippen LogP contribution in [-0.2, 0) is 0 Å². The summed E-state index contributed by atoms with van der Waals surface area (Å²) in [6.07, 6.45) is 0. The van der Waals surface area contributed by atoms with Gasteiger partial charge in [-0.2, -0.15) is 0 Å². The third kappa shape index (κ3) is 4.95. The van der Waals surface area contributed by atoms with Crippen LogP contribution >= 0.6 is 0 Å². The van der Waals surface area contributed by atoms with E-state index in [0.717, 1.165) is 17.8 Å². The molecule has 3 aromatic rings. The van der Waals surface area contributed by atoms with Gasteiger partial charge in [-0.05, 0) is 54.6 Å². The molecular weight excluding hydrogens is 376 g/mol. The number of carbonyl (C=O) groups excluding carboxylic acids is 2. The number of halogens is 2. The number of benzene rings is 3. The molecule has 0 bridgehead atoms. The highest BCUT2D eigenvalue weighted by atomic mass is 19.2. The van der Waals surface area contributed by atoms with Crippen LogP contribution in [0.3, 0.4) is 0 Å². The molecule has 3 aromatic carbocycles. The Bertz CT molecular complexity index is 1050. The van der Waals surface area contributed by atoms with Gasteiger partial charge in [-0.3, -0.25) is 9.59 Å². The zero-order valence-corrected chi connectivity index (χ0v) is 15.9. The molecule has 0 spiro atoms. The Morgan fingerprint density at radius 1 is 0.724 bits per heavy atom. The molecule has 2 N–H and O–H groups in total. The number of hydrogen-bond acceptors (Lipinski definition) is 3. The first kappa shape index (κ1) is 20.0. The fourth-order valence-electron chi connectivity index (χ4n) is 2.62. The van der Waals surface area contributed by atoms with Crippen molar-refractivity contribution in [3.8, 4) is 0 Å². The molecule has 0 aromatic heterocycles. The van der Waals surface area contributed by atoms with E-state index in [1.165, 1.54) is 18.2 Å². The van der Waals surface area contributed by atoms with Gasteiger partial charge in [0.05, 0.1) is 0 Å². The maximum Gasteiger partial charge on any atom is 0.255 e. The summed E-state index contributed by atoms with van der Waals surface area (Å²) in [7, 11) is 3.84. The molecule has 0 unspecified atom stereocenters. The van der Waals surface area contributed by atoms with E-state index in [4.69, 9.17) is 0 Å². The van der Waals surface area contributed by atoms with Gasteiger partial charge in [0.1, 0.15) is 0 Å². The van der Waals surface area contributed by atoms with Crippen LogP contribution in [0.25, 0.3) is 0 Å². The SMILES string of the molecule is CN(C)c1ccc(NC(=O)c2cccc(C(=O)Nc3ccc(F)c(F)c3)c2)cc1. The van der Waals surface area contributed by atoms with Crippen molar-refractivity contribution >= 4 is 28.9 Å². The van der Waals surface area contributed by atoms with Gasteiger partial charge in [-0.1, -0.05) is 6.07 Å². The number of nitrogens with one attached hydrogen (secondary N) is 2. The van der Waals surface area contributed by atoms with Gasteiger partial charge in [0.15, 0.2) is 11.6 Å². The highest BCUT2D eigenvalue weighted by Crippen LogP contribution is 2.18. The van der Waals surface area contributed by atoms with Crippen LogP contribution in [0.4, 0.5) is 25.8 Å². The molecule has 0 radical (unpaired) electrons. The lowest BCUT2D eigenvalue weighted by Gasteiger charge is -2.13. The third-order valence-electron chi connectivity index (χ3n) is 4.21. The Balaban J connectivity index is 1.71. The Hall–Kier alpha value is -3.74. The van der Waals surface area contributed by atoms with Gasteiger partial charge in [-0.15, -0.1) is 0 Å². The molecule has 0 atom stereocenters. The Kier molecular flexibility index (Phi) is 5.87. The summed E-state index contributed by atoms with van der Waals surface area (Å²) in [6.45, 7) is 0. The summed E-state index contributed by atoms with van der Waals surface area (Å²) in [5.74, 6) is -2.97. The number of nitrogens with zero attached hydrogens (tertiary/aromatic N) is 1. The average Bonchev–Trinajstić information content (AvgIpc) is 2.71. The number of amides is 2. The first-order valence-electron chi connectivity index (χ1n) is 8.79. The molecule has 0 saturated carbocycles. The van der Waals surface area contributed by atoms with Gasteiger partial charge in [0.2, 0.25) is 0 Å². The van der Waals surface area contributed by atoms with Crippen LogP contribution in [0.2, 0.25) is 0 Å². The highest BCUT2D eigenvalue weighted by molar-refractivity contribution is 6.08. The van der Waals surface area contributed by atoms with E-state index in [-0.39, 0.29) is 17.2 Å². The Morgan fingerprint density at radius 3 is 1.83 bits per heavy atom. The molecule has 0 saturated heterocycles. The van der Waals surface area contributed by atoms with Crippen molar-refractivity contribution in [3.05, 3.63) is 89.5 Å². The summed E-state index contributed by atoms with van der Waals surface area (Å²) in [4.78, 5) is 26.8. The summed E-state index contributed by atoms with van der Waals surface area (Å²) >= 11 is 0. The van der Waals surface area contributed by atoms with Crippen molar-refractivity contribution in [1.82, 2.24) is 0 Å². The lowest BCUT2D eigenvalue weighted by molar-refractivity contribution is 0.102. The smallest absolute Gasteiger partial charge is 0.255 e. The first-order chi connectivity index (χ1) is 13.8. The second-order valence-corrected chi connectivity index (χ2v) is 6.56. The zero-order valence-electron chi connectivity index (χ0n) is 15.9. The van der Waals surface area contributed by atoms with Crippen molar-refractivity contribution in [1.29, 1.82) is 0 Å².